The quantitative estimate of drug-likeness (QED) is 0.838. The van der Waals surface area contributed by atoms with E-state index in [9.17, 15) is 9.59 Å². The minimum atomic E-state index is -0.996. The van der Waals surface area contributed by atoms with Gasteiger partial charge in [-0.25, -0.2) is 4.79 Å². The highest BCUT2D eigenvalue weighted by molar-refractivity contribution is 6.53. The van der Waals surface area contributed by atoms with E-state index in [1.54, 1.807) is 30.0 Å². The van der Waals surface area contributed by atoms with Crippen LogP contribution in [0, 0.1) is 5.41 Å². The molecule has 1 aromatic rings. The zero-order valence-corrected chi connectivity index (χ0v) is 13.0. The molecule has 2 aliphatic rings. The molecule has 7 heteroatoms. The molecule has 3 rings (SSSR count). The zero-order valence-electron chi connectivity index (χ0n) is 11.5. The molecule has 0 radical (unpaired) electrons. The van der Waals surface area contributed by atoms with Crippen LogP contribution in [0.3, 0.4) is 0 Å². The Hall–Kier alpha value is -1.46. The number of hydrogen-bond acceptors (Lipinski definition) is 2. The number of benzene rings is 1. The zero-order chi connectivity index (χ0) is 15.3. The molecule has 1 saturated heterocycles. The van der Waals surface area contributed by atoms with Gasteiger partial charge in [0.15, 0.2) is 0 Å². The van der Waals surface area contributed by atoms with Crippen LogP contribution in [0.1, 0.15) is 13.3 Å². The van der Waals surface area contributed by atoms with Crippen LogP contribution in [0.25, 0.3) is 0 Å². The first kappa shape index (κ1) is 14.5. The lowest BCUT2D eigenvalue weighted by atomic mass is 10.1. The van der Waals surface area contributed by atoms with Crippen molar-refractivity contribution in [2.45, 2.75) is 17.7 Å². The number of carbonyl (C=O) groups excluding carboxylic acids is 2. The van der Waals surface area contributed by atoms with Crippen molar-refractivity contribution in [1.82, 2.24) is 5.32 Å². The summed E-state index contributed by atoms with van der Waals surface area (Å²) in [6, 6.07) is 7.02. The van der Waals surface area contributed by atoms with Gasteiger partial charge in [-0.1, -0.05) is 6.07 Å². The highest BCUT2D eigenvalue weighted by Crippen LogP contribution is 2.64. The molecule has 1 heterocycles. The third-order valence-corrected chi connectivity index (χ3v) is 5.13. The third-order valence-electron chi connectivity index (χ3n) is 4.03. The van der Waals surface area contributed by atoms with Crippen molar-refractivity contribution in [3.8, 4) is 0 Å². The number of nitrogens with one attached hydrogen (secondary N) is 2. The summed E-state index contributed by atoms with van der Waals surface area (Å²) in [5.74, 6) is -0.212. The van der Waals surface area contributed by atoms with Crippen molar-refractivity contribution in [3.05, 3.63) is 24.3 Å². The summed E-state index contributed by atoms with van der Waals surface area (Å²) in [5, 5.41) is 5.55. The Kier molecular flexibility index (Phi) is 3.30. The molecule has 1 aliphatic carbocycles. The normalized spacial score (nSPS) is 26.4. The lowest BCUT2D eigenvalue weighted by Gasteiger charge is -2.17. The van der Waals surface area contributed by atoms with Gasteiger partial charge in [0.2, 0.25) is 5.91 Å². The minimum Gasteiger partial charge on any atom is -0.336 e. The van der Waals surface area contributed by atoms with Gasteiger partial charge in [0.05, 0.1) is 5.41 Å². The van der Waals surface area contributed by atoms with Gasteiger partial charge in [0.1, 0.15) is 4.33 Å². The molecule has 0 bridgehead atoms. The molecule has 0 spiro atoms. The monoisotopic (exact) mass is 327 g/mol. The summed E-state index contributed by atoms with van der Waals surface area (Å²) in [5.41, 5.74) is 0.596. The van der Waals surface area contributed by atoms with E-state index in [0.29, 0.717) is 25.2 Å². The van der Waals surface area contributed by atoms with Gasteiger partial charge in [-0.15, -0.1) is 23.2 Å². The fourth-order valence-electron chi connectivity index (χ4n) is 2.38. The molecule has 112 valence electrons. The molecule has 0 aromatic heterocycles. The van der Waals surface area contributed by atoms with Crippen LogP contribution in [0.15, 0.2) is 24.3 Å². The van der Waals surface area contributed by atoms with Crippen LogP contribution in [0.2, 0.25) is 0 Å². The number of urea groups is 1. The first-order chi connectivity index (χ1) is 9.83. The summed E-state index contributed by atoms with van der Waals surface area (Å²) in [6.45, 7) is 2.97. The van der Waals surface area contributed by atoms with Crippen molar-refractivity contribution in [1.29, 1.82) is 0 Å². The van der Waals surface area contributed by atoms with Crippen LogP contribution < -0.4 is 15.5 Å². The predicted molar refractivity (Wildman–Crippen MR) is 83.0 cm³/mol. The number of rotatable bonds is 3. The van der Waals surface area contributed by atoms with E-state index in [-0.39, 0.29) is 11.9 Å². The van der Waals surface area contributed by atoms with Crippen molar-refractivity contribution in [2.24, 2.45) is 5.41 Å². The molecule has 5 nitrogen and oxygen atoms in total. The fourth-order valence-corrected chi connectivity index (χ4v) is 3.09. The van der Waals surface area contributed by atoms with Gasteiger partial charge in [-0.05, 0) is 31.5 Å². The van der Waals surface area contributed by atoms with Crippen LogP contribution in [-0.4, -0.2) is 29.4 Å². The maximum Gasteiger partial charge on any atom is 0.321 e. The summed E-state index contributed by atoms with van der Waals surface area (Å²) in [4.78, 5) is 25.5. The van der Waals surface area contributed by atoms with Crippen molar-refractivity contribution in [3.63, 3.8) is 0 Å². The van der Waals surface area contributed by atoms with E-state index in [1.807, 2.05) is 6.07 Å². The topological polar surface area (TPSA) is 61.4 Å². The molecule has 0 unspecified atom stereocenters. The summed E-state index contributed by atoms with van der Waals surface area (Å²) in [7, 11) is 0. The number of hydrogen-bond donors (Lipinski definition) is 2. The second-order valence-electron chi connectivity index (χ2n) is 5.60. The van der Waals surface area contributed by atoms with Crippen LogP contribution in [0.4, 0.5) is 16.2 Å². The Balaban J connectivity index is 1.75. The maximum atomic E-state index is 12.2. The number of amides is 3. The van der Waals surface area contributed by atoms with Gasteiger partial charge < -0.3 is 10.6 Å². The van der Waals surface area contributed by atoms with E-state index in [2.05, 4.69) is 10.6 Å². The molecule has 2 fully saturated rings. The molecule has 1 atom stereocenters. The van der Waals surface area contributed by atoms with E-state index < -0.39 is 9.75 Å². The smallest absolute Gasteiger partial charge is 0.321 e. The van der Waals surface area contributed by atoms with Crippen molar-refractivity contribution >= 4 is 46.5 Å². The van der Waals surface area contributed by atoms with Crippen LogP contribution >= 0.6 is 23.2 Å². The largest absolute Gasteiger partial charge is 0.336 e. The number of nitrogens with zero attached hydrogens (tertiary/aromatic N) is 1. The molecule has 21 heavy (non-hydrogen) atoms. The Labute approximate surface area is 132 Å². The Bertz CT molecular complexity index is 620. The highest BCUT2D eigenvalue weighted by Gasteiger charge is 2.67. The van der Waals surface area contributed by atoms with Crippen LogP contribution in [-0.2, 0) is 4.79 Å². The SMILES string of the molecule is C[C@@]1(C(=O)Nc2cccc(N3CCNC3=O)c2)CC1(Cl)Cl. The Morgan fingerprint density at radius 3 is 2.71 bits per heavy atom. The van der Waals surface area contributed by atoms with Gasteiger partial charge in [-0.2, -0.15) is 0 Å². The summed E-state index contributed by atoms with van der Waals surface area (Å²) >= 11 is 12.0. The molecule has 1 aromatic carbocycles. The fraction of sp³-hybridized carbons (Fsp3) is 0.429. The second-order valence-corrected chi connectivity index (χ2v) is 7.09. The lowest BCUT2D eigenvalue weighted by molar-refractivity contribution is -0.120. The number of carbonyl (C=O) groups is 2. The highest BCUT2D eigenvalue weighted by atomic mass is 35.5. The van der Waals surface area contributed by atoms with E-state index in [0.717, 1.165) is 5.69 Å². The minimum absolute atomic E-state index is 0.131. The van der Waals surface area contributed by atoms with Crippen molar-refractivity contribution in [2.75, 3.05) is 23.3 Å². The molecule has 1 aliphatic heterocycles. The number of alkyl halides is 2. The average Bonchev–Trinajstić information content (AvgIpc) is 2.76. The molecule has 2 N–H and O–H groups in total. The van der Waals surface area contributed by atoms with Gasteiger partial charge in [0.25, 0.3) is 0 Å². The average molecular weight is 328 g/mol. The summed E-state index contributed by atoms with van der Waals surface area (Å²) in [6.07, 6.45) is 0.434. The maximum absolute atomic E-state index is 12.2. The number of anilines is 2. The van der Waals surface area contributed by atoms with Crippen LogP contribution in [0.5, 0.6) is 0 Å². The van der Waals surface area contributed by atoms with Gasteiger partial charge in [0, 0.05) is 24.5 Å². The standard InChI is InChI=1S/C14H15Cl2N3O2/c1-13(8-14(13,15)16)11(20)18-9-3-2-4-10(7-9)19-6-5-17-12(19)21/h2-4,7H,5-6,8H2,1H3,(H,17,21)(H,18,20)/t13-/m0/s1. The molecule has 3 amide bonds. The molecular weight excluding hydrogens is 313 g/mol. The van der Waals surface area contributed by atoms with E-state index in [4.69, 9.17) is 23.2 Å². The predicted octanol–water partition coefficient (Wildman–Crippen LogP) is 2.74. The Morgan fingerprint density at radius 2 is 2.14 bits per heavy atom. The first-order valence-corrected chi connectivity index (χ1v) is 7.44. The van der Waals surface area contributed by atoms with Gasteiger partial charge in [-0.3, -0.25) is 9.69 Å². The van der Waals surface area contributed by atoms with E-state index in [1.165, 1.54) is 0 Å². The Morgan fingerprint density at radius 1 is 1.43 bits per heavy atom. The third kappa shape index (κ3) is 2.45. The number of halogens is 2. The second kappa shape index (κ2) is 4.78. The van der Waals surface area contributed by atoms with Crippen molar-refractivity contribution < 1.29 is 9.59 Å². The lowest BCUT2D eigenvalue weighted by Crippen LogP contribution is -2.28. The summed E-state index contributed by atoms with van der Waals surface area (Å²) < 4.78 is -0.996. The molecular formula is C14H15Cl2N3O2. The van der Waals surface area contributed by atoms with E-state index >= 15 is 0 Å². The first-order valence-electron chi connectivity index (χ1n) is 6.68. The molecule has 1 saturated carbocycles. The van der Waals surface area contributed by atoms with Gasteiger partial charge >= 0.3 is 6.03 Å².